The van der Waals surface area contributed by atoms with Gasteiger partial charge in [0.2, 0.25) is 0 Å². The van der Waals surface area contributed by atoms with Gasteiger partial charge in [-0.3, -0.25) is 0 Å². The van der Waals surface area contributed by atoms with E-state index in [4.69, 9.17) is 8.83 Å². The van der Waals surface area contributed by atoms with E-state index in [-0.39, 0.29) is 0 Å². The maximum absolute atomic E-state index is 6.33. The molecule has 0 radical (unpaired) electrons. The first-order valence-electron chi connectivity index (χ1n) is 15.1. The first-order chi connectivity index (χ1) is 22.2. The average Bonchev–Trinajstić information content (AvgIpc) is 3.77. The Morgan fingerprint density at radius 1 is 0.489 bits per heavy atom. The molecule has 0 saturated carbocycles. The number of rotatable bonds is 5. The molecule has 6 aromatic carbocycles. The number of para-hydroxylation sites is 3. The van der Waals surface area contributed by atoms with Crippen molar-refractivity contribution >= 4 is 66.9 Å². The van der Waals surface area contributed by atoms with Crippen molar-refractivity contribution in [2.24, 2.45) is 0 Å². The fraction of sp³-hybridized carbons (Fsp3) is 0. The minimum absolute atomic E-state index is 0.746. The first kappa shape index (κ1) is 25.4. The van der Waals surface area contributed by atoms with Crippen molar-refractivity contribution in [2.75, 3.05) is 0 Å². The highest BCUT2D eigenvalue weighted by molar-refractivity contribution is 6.11. The Balaban J connectivity index is 1.17. The lowest BCUT2D eigenvalue weighted by atomic mass is 10.00. The highest BCUT2D eigenvalue weighted by Crippen LogP contribution is 2.39. The first-order valence-corrected chi connectivity index (χ1v) is 15.1. The zero-order chi connectivity index (χ0) is 30.1. The minimum atomic E-state index is 0.746. The van der Waals surface area contributed by atoms with Gasteiger partial charge in [-0.05, 0) is 71.3 Å². The van der Waals surface area contributed by atoms with Gasteiger partial charge in [-0.1, -0.05) is 98.1 Å². The molecule has 45 heavy (non-hydrogen) atoms. The molecule has 0 atom stereocenters. The summed E-state index contributed by atoms with van der Waals surface area (Å²) in [4.78, 5) is 0. The smallest absolute Gasteiger partial charge is 0.143 e. The maximum Gasteiger partial charge on any atom is 0.143 e. The van der Waals surface area contributed by atoms with E-state index < -0.39 is 0 Å². The van der Waals surface area contributed by atoms with Gasteiger partial charge in [0, 0.05) is 43.7 Å². The van der Waals surface area contributed by atoms with Gasteiger partial charge in [0.15, 0.2) is 0 Å². The Hall–Kier alpha value is -6.06. The van der Waals surface area contributed by atoms with E-state index in [1.165, 1.54) is 16.3 Å². The van der Waals surface area contributed by atoms with Gasteiger partial charge in [0.25, 0.3) is 0 Å². The molecule has 0 spiro atoms. The third kappa shape index (κ3) is 3.77. The van der Waals surface area contributed by atoms with Gasteiger partial charge in [0.05, 0.1) is 11.0 Å². The summed E-state index contributed by atoms with van der Waals surface area (Å²) in [5, 5.41) is 5.75. The van der Waals surface area contributed by atoms with Gasteiger partial charge in [-0.15, -0.1) is 0 Å². The minimum Gasteiger partial charge on any atom is -0.456 e. The van der Waals surface area contributed by atoms with E-state index in [0.29, 0.717) is 0 Å². The van der Waals surface area contributed by atoms with Crippen LogP contribution in [0.1, 0.15) is 11.3 Å². The van der Waals surface area contributed by atoms with Crippen LogP contribution in [0.5, 0.6) is 0 Å². The van der Waals surface area contributed by atoms with Crippen molar-refractivity contribution < 1.29 is 8.83 Å². The van der Waals surface area contributed by atoms with Crippen molar-refractivity contribution in [3.63, 3.8) is 0 Å². The second-order valence-corrected chi connectivity index (χ2v) is 11.4. The van der Waals surface area contributed by atoms with E-state index in [1.807, 2.05) is 24.3 Å². The monoisotopic (exact) mass is 577 g/mol. The molecule has 0 aliphatic rings. The summed E-state index contributed by atoms with van der Waals surface area (Å²) in [6, 6.07) is 45.1. The van der Waals surface area contributed by atoms with Gasteiger partial charge < -0.3 is 13.4 Å². The van der Waals surface area contributed by atoms with Crippen LogP contribution in [-0.4, -0.2) is 4.57 Å². The molecule has 0 saturated heterocycles. The molecule has 9 aromatic rings. The molecule has 3 nitrogen and oxygen atoms in total. The zero-order valence-corrected chi connectivity index (χ0v) is 24.5. The number of hydrogen-bond acceptors (Lipinski definition) is 2. The van der Waals surface area contributed by atoms with E-state index in [0.717, 1.165) is 77.7 Å². The van der Waals surface area contributed by atoms with Crippen LogP contribution >= 0.6 is 0 Å². The highest BCUT2D eigenvalue weighted by atomic mass is 16.3. The van der Waals surface area contributed by atoms with Gasteiger partial charge in [-0.25, -0.2) is 0 Å². The normalized spacial score (nSPS) is 11.7. The van der Waals surface area contributed by atoms with Crippen LogP contribution in [0.4, 0.5) is 0 Å². The summed E-state index contributed by atoms with van der Waals surface area (Å²) >= 11 is 0. The van der Waals surface area contributed by atoms with Crippen molar-refractivity contribution in [3.05, 3.63) is 152 Å². The molecule has 0 aliphatic carbocycles. The molecule has 0 amide bonds. The van der Waals surface area contributed by atoms with Crippen LogP contribution in [0.3, 0.4) is 0 Å². The quantitative estimate of drug-likeness (QED) is 0.204. The van der Waals surface area contributed by atoms with Crippen molar-refractivity contribution in [1.29, 1.82) is 0 Å². The summed E-state index contributed by atoms with van der Waals surface area (Å²) < 4.78 is 14.7. The summed E-state index contributed by atoms with van der Waals surface area (Å²) in [6.07, 6.45) is 3.58. The van der Waals surface area contributed by atoms with E-state index >= 15 is 0 Å². The standard InChI is InChI=1S/C42H27NO2/c1-3-30-36-25-28(19-23-41(36)44-39(30)4-2)27-18-22-38-35(24-27)32-10-5-7-14-37(32)43(38)29-20-16-26(17-21-29)31-12-9-13-34-33-11-6-8-15-40(33)45-42(31)34/h3-25H,1-2H2. The Kier molecular flexibility index (Phi) is 5.50. The summed E-state index contributed by atoms with van der Waals surface area (Å²) in [5.74, 6) is 0.746. The molecule has 0 aliphatic heterocycles. The van der Waals surface area contributed by atoms with Gasteiger partial charge in [-0.2, -0.15) is 0 Å². The van der Waals surface area contributed by atoms with E-state index in [1.54, 1.807) is 6.08 Å². The molecular weight excluding hydrogens is 550 g/mol. The van der Waals surface area contributed by atoms with E-state index in [9.17, 15) is 0 Å². The Bertz CT molecular complexity index is 2620. The molecule has 0 bridgehead atoms. The molecule has 0 unspecified atom stereocenters. The summed E-state index contributed by atoms with van der Waals surface area (Å²) in [6.45, 7) is 7.90. The lowest BCUT2D eigenvalue weighted by Crippen LogP contribution is -1.93. The number of aromatic nitrogens is 1. The van der Waals surface area contributed by atoms with Crippen LogP contribution in [0.2, 0.25) is 0 Å². The maximum atomic E-state index is 6.33. The lowest BCUT2D eigenvalue weighted by molar-refractivity contribution is 0.603. The number of furan rings is 2. The molecule has 3 heteroatoms. The van der Waals surface area contributed by atoms with Crippen molar-refractivity contribution in [2.45, 2.75) is 0 Å². The molecule has 9 rings (SSSR count). The zero-order valence-electron chi connectivity index (χ0n) is 24.5. The topological polar surface area (TPSA) is 31.2 Å². The predicted molar refractivity (Wildman–Crippen MR) is 189 cm³/mol. The van der Waals surface area contributed by atoms with Crippen LogP contribution in [0, 0.1) is 0 Å². The molecule has 212 valence electrons. The molecule has 3 heterocycles. The largest absolute Gasteiger partial charge is 0.456 e. The Morgan fingerprint density at radius 2 is 1.16 bits per heavy atom. The third-order valence-electron chi connectivity index (χ3n) is 8.99. The molecular formula is C42H27NO2. The number of nitrogens with zero attached hydrogens (tertiary/aromatic N) is 1. The number of fused-ring (bicyclic) bond motifs is 7. The van der Waals surface area contributed by atoms with Crippen molar-refractivity contribution in [3.8, 4) is 27.9 Å². The second-order valence-electron chi connectivity index (χ2n) is 11.4. The lowest BCUT2D eigenvalue weighted by Gasteiger charge is -2.10. The van der Waals surface area contributed by atoms with Crippen LogP contribution in [0.15, 0.2) is 149 Å². The van der Waals surface area contributed by atoms with Crippen LogP contribution in [-0.2, 0) is 0 Å². The third-order valence-corrected chi connectivity index (χ3v) is 8.99. The highest BCUT2D eigenvalue weighted by Gasteiger charge is 2.16. The number of hydrogen-bond donors (Lipinski definition) is 0. The van der Waals surface area contributed by atoms with Crippen LogP contribution in [0.25, 0.3) is 94.8 Å². The Labute approximate surface area is 259 Å². The second kappa shape index (κ2) is 9.73. The summed E-state index contributed by atoms with van der Waals surface area (Å²) in [5.41, 5.74) is 11.6. The number of benzene rings is 6. The predicted octanol–water partition coefficient (Wildman–Crippen LogP) is 12.0. The van der Waals surface area contributed by atoms with Crippen LogP contribution < -0.4 is 0 Å². The molecule has 0 fully saturated rings. The fourth-order valence-corrected chi connectivity index (χ4v) is 6.87. The Morgan fingerprint density at radius 3 is 1.98 bits per heavy atom. The van der Waals surface area contributed by atoms with E-state index in [2.05, 4.69) is 127 Å². The van der Waals surface area contributed by atoms with Gasteiger partial charge in [0.1, 0.15) is 22.5 Å². The summed E-state index contributed by atoms with van der Waals surface area (Å²) in [7, 11) is 0. The van der Waals surface area contributed by atoms with Crippen molar-refractivity contribution in [1.82, 2.24) is 4.57 Å². The SMILES string of the molecule is C=Cc1oc2ccc(-c3ccc4c(c3)c3ccccc3n4-c3ccc(-c4cccc5c4oc4ccccc45)cc3)cc2c1C=C. The average molecular weight is 578 g/mol. The molecule has 0 N–H and O–H groups in total. The molecule has 3 aromatic heterocycles. The fourth-order valence-electron chi connectivity index (χ4n) is 6.87. The van der Waals surface area contributed by atoms with Gasteiger partial charge >= 0.3 is 0 Å².